The lowest BCUT2D eigenvalue weighted by Crippen LogP contribution is -2.24. The number of anilines is 1. The molecule has 1 aromatic heterocycles. The van der Waals surface area contributed by atoms with Gasteiger partial charge in [0.25, 0.3) is 0 Å². The quantitative estimate of drug-likeness (QED) is 0.802. The van der Waals surface area contributed by atoms with Gasteiger partial charge in [0.1, 0.15) is 0 Å². The Hall–Kier alpha value is -1.91. The summed E-state index contributed by atoms with van der Waals surface area (Å²) in [6.07, 6.45) is 1.23. The van der Waals surface area contributed by atoms with Gasteiger partial charge in [-0.1, -0.05) is 18.2 Å². The summed E-state index contributed by atoms with van der Waals surface area (Å²) in [5, 5.41) is 10.2. The zero-order chi connectivity index (χ0) is 13.7. The molecule has 0 aliphatic carbocycles. The number of likely N-dealkylation sites (N-methyl/N-ethyl adjacent to an activating group) is 1. The molecule has 0 saturated heterocycles. The summed E-state index contributed by atoms with van der Waals surface area (Å²) in [5.74, 6) is 0. The van der Waals surface area contributed by atoms with Gasteiger partial charge in [-0.25, -0.2) is 0 Å². The third kappa shape index (κ3) is 4.05. The van der Waals surface area contributed by atoms with Crippen molar-refractivity contribution in [2.24, 2.45) is 0 Å². The molecule has 1 unspecified atom stereocenters. The first kappa shape index (κ1) is 13.5. The second-order valence-corrected chi connectivity index (χ2v) is 4.70. The molecular formula is C15H19N3O. The summed E-state index contributed by atoms with van der Waals surface area (Å²) in [4.78, 5) is 6.31. The lowest BCUT2D eigenvalue weighted by molar-refractivity contribution is 0.123. The summed E-state index contributed by atoms with van der Waals surface area (Å²) in [6.45, 7) is 1.25. The van der Waals surface area contributed by atoms with Crippen LogP contribution in [0, 0.1) is 0 Å². The van der Waals surface area contributed by atoms with Gasteiger partial charge in [-0.15, -0.1) is 0 Å². The smallest absolute Gasteiger partial charge is 0.0917 e. The van der Waals surface area contributed by atoms with Crippen LogP contribution in [0.15, 0.2) is 48.7 Å². The number of aliphatic hydroxyl groups excluding tert-OH is 1. The van der Waals surface area contributed by atoms with E-state index in [1.54, 1.807) is 12.3 Å². The highest BCUT2D eigenvalue weighted by molar-refractivity contribution is 5.41. The molecule has 1 aromatic carbocycles. The largest absolute Gasteiger partial charge is 0.399 e. The Morgan fingerprint density at radius 2 is 2.11 bits per heavy atom. The van der Waals surface area contributed by atoms with E-state index >= 15 is 0 Å². The minimum absolute atomic E-state index is 0.542. The van der Waals surface area contributed by atoms with Crippen LogP contribution in [0.25, 0.3) is 0 Å². The molecule has 0 bridgehead atoms. The number of rotatable bonds is 5. The number of nitrogens with two attached hydrogens (primary N) is 1. The summed E-state index contributed by atoms with van der Waals surface area (Å²) < 4.78 is 0. The average Bonchev–Trinajstić information content (AvgIpc) is 2.39. The first-order chi connectivity index (χ1) is 9.15. The fourth-order valence-electron chi connectivity index (χ4n) is 2.00. The molecule has 0 fully saturated rings. The van der Waals surface area contributed by atoms with Gasteiger partial charge in [0.2, 0.25) is 0 Å². The van der Waals surface area contributed by atoms with Crippen LogP contribution >= 0.6 is 0 Å². The van der Waals surface area contributed by atoms with E-state index in [2.05, 4.69) is 4.98 Å². The molecule has 1 heterocycles. The third-order valence-corrected chi connectivity index (χ3v) is 2.94. The summed E-state index contributed by atoms with van der Waals surface area (Å²) in [6, 6.07) is 13.2. The number of hydrogen-bond acceptors (Lipinski definition) is 4. The second kappa shape index (κ2) is 6.31. The number of aromatic nitrogens is 1. The van der Waals surface area contributed by atoms with E-state index in [0.717, 1.165) is 11.3 Å². The SMILES string of the molecule is CN(Cc1ccccn1)CC(O)c1cccc(N)c1. The molecule has 4 heteroatoms. The maximum atomic E-state index is 10.2. The van der Waals surface area contributed by atoms with Gasteiger partial charge in [-0.2, -0.15) is 0 Å². The monoisotopic (exact) mass is 257 g/mol. The zero-order valence-corrected chi connectivity index (χ0v) is 11.0. The molecule has 19 heavy (non-hydrogen) atoms. The highest BCUT2D eigenvalue weighted by atomic mass is 16.3. The number of nitrogen functional groups attached to an aromatic ring is 1. The molecule has 1 atom stereocenters. The van der Waals surface area contributed by atoms with E-state index in [4.69, 9.17) is 5.73 Å². The van der Waals surface area contributed by atoms with Gasteiger partial charge < -0.3 is 10.8 Å². The molecule has 0 spiro atoms. The highest BCUT2D eigenvalue weighted by Crippen LogP contribution is 2.17. The number of nitrogens with zero attached hydrogens (tertiary/aromatic N) is 2. The molecule has 2 rings (SSSR count). The van der Waals surface area contributed by atoms with Gasteiger partial charge in [-0.05, 0) is 36.9 Å². The van der Waals surface area contributed by atoms with Crippen LogP contribution in [-0.4, -0.2) is 28.6 Å². The highest BCUT2D eigenvalue weighted by Gasteiger charge is 2.11. The molecule has 2 aromatic rings. The van der Waals surface area contributed by atoms with E-state index in [-0.39, 0.29) is 0 Å². The summed E-state index contributed by atoms with van der Waals surface area (Å²) in [5.41, 5.74) is 8.22. The van der Waals surface area contributed by atoms with Crippen molar-refractivity contribution in [2.45, 2.75) is 12.6 Å². The molecule has 4 nitrogen and oxygen atoms in total. The average molecular weight is 257 g/mol. The molecule has 0 radical (unpaired) electrons. The van der Waals surface area contributed by atoms with E-state index in [1.807, 2.05) is 48.3 Å². The van der Waals surface area contributed by atoms with Gasteiger partial charge >= 0.3 is 0 Å². The summed E-state index contributed by atoms with van der Waals surface area (Å²) in [7, 11) is 1.96. The molecule has 0 aliphatic heterocycles. The van der Waals surface area contributed by atoms with Gasteiger partial charge in [0.05, 0.1) is 11.8 Å². The van der Waals surface area contributed by atoms with Crippen molar-refractivity contribution in [1.82, 2.24) is 9.88 Å². The van der Waals surface area contributed by atoms with Crippen molar-refractivity contribution in [3.8, 4) is 0 Å². The van der Waals surface area contributed by atoms with Crippen LogP contribution in [0.3, 0.4) is 0 Å². The van der Waals surface area contributed by atoms with Crippen molar-refractivity contribution in [1.29, 1.82) is 0 Å². The Morgan fingerprint density at radius 3 is 2.79 bits per heavy atom. The Morgan fingerprint density at radius 1 is 1.26 bits per heavy atom. The summed E-state index contributed by atoms with van der Waals surface area (Å²) >= 11 is 0. The van der Waals surface area contributed by atoms with Crippen LogP contribution < -0.4 is 5.73 Å². The number of benzene rings is 1. The lowest BCUT2D eigenvalue weighted by Gasteiger charge is -2.20. The predicted octanol–water partition coefficient (Wildman–Crippen LogP) is 1.83. The zero-order valence-electron chi connectivity index (χ0n) is 11.0. The van der Waals surface area contributed by atoms with Gasteiger partial charge in [0, 0.05) is 25.0 Å². The van der Waals surface area contributed by atoms with Crippen molar-refractivity contribution < 1.29 is 5.11 Å². The second-order valence-electron chi connectivity index (χ2n) is 4.70. The minimum Gasteiger partial charge on any atom is -0.399 e. The lowest BCUT2D eigenvalue weighted by atomic mass is 10.1. The van der Waals surface area contributed by atoms with Crippen LogP contribution in [0.1, 0.15) is 17.4 Å². The molecule has 100 valence electrons. The maximum absolute atomic E-state index is 10.2. The Bertz CT molecular complexity index is 516. The van der Waals surface area contributed by atoms with Gasteiger partial charge in [-0.3, -0.25) is 9.88 Å². The fourth-order valence-corrected chi connectivity index (χ4v) is 2.00. The first-order valence-electron chi connectivity index (χ1n) is 6.27. The van der Waals surface area contributed by atoms with E-state index in [1.165, 1.54) is 0 Å². The Balaban J connectivity index is 1.93. The molecule has 0 amide bonds. The van der Waals surface area contributed by atoms with E-state index in [9.17, 15) is 5.11 Å². The minimum atomic E-state index is -0.544. The van der Waals surface area contributed by atoms with Crippen molar-refractivity contribution in [3.05, 3.63) is 59.9 Å². The number of pyridine rings is 1. The fraction of sp³-hybridized carbons (Fsp3) is 0.267. The number of aliphatic hydroxyl groups is 1. The van der Waals surface area contributed by atoms with Gasteiger partial charge in [0.15, 0.2) is 0 Å². The standard InChI is InChI=1S/C15H19N3O/c1-18(10-14-7-2-3-8-17-14)11-15(19)12-5-4-6-13(16)9-12/h2-9,15,19H,10-11,16H2,1H3. The van der Waals surface area contributed by atoms with Crippen LogP contribution in [-0.2, 0) is 6.54 Å². The maximum Gasteiger partial charge on any atom is 0.0917 e. The topological polar surface area (TPSA) is 62.4 Å². The van der Waals surface area contributed by atoms with Crippen molar-refractivity contribution in [2.75, 3.05) is 19.3 Å². The van der Waals surface area contributed by atoms with E-state index < -0.39 is 6.10 Å². The van der Waals surface area contributed by atoms with Crippen molar-refractivity contribution in [3.63, 3.8) is 0 Å². The molecule has 0 saturated carbocycles. The third-order valence-electron chi connectivity index (χ3n) is 2.94. The van der Waals surface area contributed by atoms with E-state index in [0.29, 0.717) is 18.8 Å². The van der Waals surface area contributed by atoms with Crippen LogP contribution in [0.4, 0.5) is 5.69 Å². The number of hydrogen-bond donors (Lipinski definition) is 2. The van der Waals surface area contributed by atoms with Crippen LogP contribution in [0.2, 0.25) is 0 Å². The molecule has 0 aliphatic rings. The molecule has 3 N–H and O–H groups in total. The first-order valence-corrected chi connectivity index (χ1v) is 6.27. The molecular weight excluding hydrogens is 238 g/mol. The van der Waals surface area contributed by atoms with Crippen LogP contribution in [0.5, 0.6) is 0 Å². The Labute approximate surface area is 113 Å². The predicted molar refractivity (Wildman–Crippen MR) is 76.4 cm³/mol. The van der Waals surface area contributed by atoms with Crippen molar-refractivity contribution >= 4 is 5.69 Å². The normalized spacial score (nSPS) is 12.6. The Kier molecular flexibility index (Phi) is 4.49.